The second-order valence-electron chi connectivity index (χ2n) is 5.49. The van der Waals surface area contributed by atoms with Gasteiger partial charge in [-0.05, 0) is 12.0 Å². The minimum Gasteiger partial charge on any atom is -0.453 e. The third kappa shape index (κ3) is 3.05. The molecule has 124 valence electrons. The second kappa shape index (κ2) is 6.66. The summed E-state index contributed by atoms with van der Waals surface area (Å²) in [7, 11) is 0. The summed E-state index contributed by atoms with van der Waals surface area (Å²) in [5.74, 6) is -1.21. The van der Waals surface area contributed by atoms with Crippen LogP contribution in [0.5, 0.6) is 0 Å². The number of carbonyl (C=O) groups excluding carboxylic acids is 3. The van der Waals surface area contributed by atoms with Crippen LogP contribution in [0.15, 0.2) is 29.5 Å². The third-order valence-electron chi connectivity index (χ3n) is 3.96. The summed E-state index contributed by atoms with van der Waals surface area (Å²) in [5.41, 5.74) is 4.88. The van der Waals surface area contributed by atoms with Crippen molar-refractivity contribution in [1.82, 2.24) is 10.4 Å². The van der Waals surface area contributed by atoms with E-state index >= 15 is 0 Å². The first-order valence-electron chi connectivity index (χ1n) is 7.75. The van der Waals surface area contributed by atoms with Crippen LogP contribution in [-0.4, -0.2) is 35.0 Å². The van der Waals surface area contributed by atoms with Crippen LogP contribution in [0, 0.1) is 0 Å². The van der Waals surface area contributed by atoms with Crippen molar-refractivity contribution in [2.75, 3.05) is 6.61 Å². The molecule has 0 fully saturated rings. The average molecular weight is 327 g/mol. The highest BCUT2D eigenvalue weighted by molar-refractivity contribution is 6.37. The highest BCUT2D eigenvalue weighted by atomic mass is 16.5. The van der Waals surface area contributed by atoms with E-state index in [0.717, 1.165) is 22.9 Å². The number of carbonyl (C=O) groups is 3. The third-order valence-corrected chi connectivity index (χ3v) is 3.96. The Morgan fingerprint density at radius 2 is 2.12 bits per heavy atom. The quantitative estimate of drug-likeness (QED) is 0.645. The Kier molecular flexibility index (Phi) is 4.41. The standard InChI is InChI=1S/C17H17N3O4/c1-2-10-4-3-5-11-12(8-18-16(10)11)14(21)9-24-17(23)13-6-7-15(22)20-19-13/h3-5,8,18H,2,6-7,9H2,1H3,(H,20,22). The van der Waals surface area contributed by atoms with Crippen LogP contribution in [0.3, 0.4) is 0 Å². The Balaban J connectivity index is 1.70. The summed E-state index contributed by atoms with van der Waals surface area (Å²) in [6, 6.07) is 5.76. The van der Waals surface area contributed by atoms with E-state index in [1.807, 2.05) is 25.1 Å². The zero-order valence-corrected chi connectivity index (χ0v) is 13.2. The Morgan fingerprint density at radius 3 is 2.83 bits per heavy atom. The van der Waals surface area contributed by atoms with Crippen LogP contribution in [0.2, 0.25) is 0 Å². The average Bonchev–Trinajstić information content (AvgIpc) is 3.04. The van der Waals surface area contributed by atoms with Crippen molar-refractivity contribution in [3.63, 3.8) is 0 Å². The van der Waals surface area contributed by atoms with Crippen LogP contribution in [0.4, 0.5) is 0 Å². The number of Topliss-reactive ketones (excluding diaryl/α,β-unsaturated/α-hetero) is 1. The van der Waals surface area contributed by atoms with E-state index in [4.69, 9.17) is 4.74 Å². The number of ketones is 1. The van der Waals surface area contributed by atoms with Gasteiger partial charge >= 0.3 is 5.97 Å². The maximum atomic E-state index is 12.4. The number of aromatic nitrogens is 1. The van der Waals surface area contributed by atoms with E-state index in [1.54, 1.807) is 6.20 Å². The zero-order valence-electron chi connectivity index (χ0n) is 13.2. The SMILES string of the molecule is CCc1cccc2c(C(=O)COC(=O)C3=NNC(=O)CC3)c[nH]c12. The van der Waals surface area contributed by atoms with Crippen molar-refractivity contribution in [3.05, 3.63) is 35.5 Å². The van der Waals surface area contributed by atoms with Crippen molar-refractivity contribution in [2.45, 2.75) is 26.2 Å². The number of para-hydroxylation sites is 1. The molecule has 1 aromatic heterocycles. The molecule has 0 radical (unpaired) electrons. The normalized spacial score (nSPS) is 14.2. The monoisotopic (exact) mass is 327 g/mol. The lowest BCUT2D eigenvalue weighted by molar-refractivity contribution is -0.134. The van der Waals surface area contributed by atoms with Crippen LogP contribution in [0.1, 0.15) is 35.7 Å². The van der Waals surface area contributed by atoms with Crippen LogP contribution >= 0.6 is 0 Å². The summed E-state index contributed by atoms with van der Waals surface area (Å²) in [6.45, 7) is 1.68. The van der Waals surface area contributed by atoms with E-state index in [1.165, 1.54) is 0 Å². The van der Waals surface area contributed by atoms with Gasteiger partial charge in [0.2, 0.25) is 11.7 Å². The van der Waals surface area contributed by atoms with Gasteiger partial charge in [0.1, 0.15) is 5.71 Å². The molecule has 7 heteroatoms. The molecule has 0 atom stereocenters. The summed E-state index contributed by atoms with van der Waals surface area (Å²) < 4.78 is 5.02. The maximum Gasteiger partial charge on any atom is 0.354 e. The molecule has 1 aromatic carbocycles. The Labute approximate surface area is 138 Å². The first-order valence-corrected chi connectivity index (χ1v) is 7.75. The molecule has 0 saturated carbocycles. The molecule has 1 aliphatic rings. The number of amides is 1. The molecular formula is C17H17N3O4. The zero-order chi connectivity index (χ0) is 17.1. The van der Waals surface area contributed by atoms with Crippen LogP contribution in [0.25, 0.3) is 10.9 Å². The van der Waals surface area contributed by atoms with E-state index in [9.17, 15) is 14.4 Å². The minimum absolute atomic E-state index is 0.120. The molecule has 0 aliphatic carbocycles. The van der Waals surface area contributed by atoms with Crippen molar-refractivity contribution < 1.29 is 19.1 Å². The van der Waals surface area contributed by atoms with Crippen molar-refractivity contribution in [2.24, 2.45) is 5.10 Å². The molecule has 2 heterocycles. The van der Waals surface area contributed by atoms with Gasteiger partial charge in [-0.2, -0.15) is 5.10 Å². The first-order chi connectivity index (χ1) is 11.6. The van der Waals surface area contributed by atoms with Gasteiger partial charge in [-0.1, -0.05) is 25.1 Å². The largest absolute Gasteiger partial charge is 0.453 e. The number of aromatic amines is 1. The lowest BCUT2D eigenvalue weighted by Gasteiger charge is -2.10. The molecule has 0 saturated heterocycles. The van der Waals surface area contributed by atoms with E-state index in [0.29, 0.717) is 5.56 Å². The van der Waals surface area contributed by atoms with E-state index in [-0.39, 0.29) is 36.9 Å². The van der Waals surface area contributed by atoms with Gasteiger partial charge in [0, 0.05) is 35.5 Å². The fraction of sp³-hybridized carbons (Fsp3) is 0.294. The minimum atomic E-state index is -0.683. The predicted octanol–water partition coefficient (Wildman–Crippen LogP) is 1.72. The summed E-state index contributed by atoms with van der Waals surface area (Å²) >= 11 is 0. The number of aryl methyl sites for hydroxylation is 1. The van der Waals surface area contributed by atoms with Gasteiger partial charge in [0.25, 0.3) is 0 Å². The van der Waals surface area contributed by atoms with E-state index < -0.39 is 5.97 Å². The first kappa shape index (κ1) is 15.9. The highest BCUT2D eigenvalue weighted by Crippen LogP contribution is 2.22. The van der Waals surface area contributed by atoms with Gasteiger partial charge in [0.05, 0.1) is 0 Å². The lowest BCUT2D eigenvalue weighted by Crippen LogP contribution is -2.31. The van der Waals surface area contributed by atoms with Crippen molar-refractivity contribution in [1.29, 1.82) is 0 Å². The lowest BCUT2D eigenvalue weighted by atomic mass is 10.1. The van der Waals surface area contributed by atoms with Crippen LogP contribution < -0.4 is 5.43 Å². The highest BCUT2D eigenvalue weighted by Gasteiger charge is 2.21. The summed E-state index contributed by atoms with van der Waals surface area (Å²) in [4.78, 5) is 38.3. The molecular weight excluding hydrogens is 310 g/mol. The number of esters is 1. The summed E-state index contributed by atoms with van der Waals surface area (Å²) in [6.07, 6.45) is 2.89. The number of hydrogen-bond donors (Lipinski definition) is 2. The van der Waals surface area contributed by atoms with Gasteiger partial charge in [-0.3, -0.25) is 9.59 Å². The Morgan fingerprint density at radius 1 is 1.29 bits per heavy atom. The maximum absolute atomic E-state index is 12.4. The molecule has 24 heavy (non-hydrogen) atoms. The molecule has 0 unspecified atom stereocenters. The molecule has 0 bridgehead atoms. The number of fused-ring (bicyclic) bond motifs is 1. The Hall–Kier alpha value is -2.96. The predicted molar refractivity (Wildman–Crippen MR) is 87.8 cm³/mol. The number of benzene rings is 1. The topological polar surface area (TPSA) is 101 Å². The summed E-state index contributed by atoms with van der Waals surface area (Å²) in [5, 5.41) is 4.47. The van der Waals surface area contributed by atoms with Crippen molar-refractivity contribution in [3.8, 4) is 0 Å². The number of hydrazone groups is 1. The molecule has 1 amide bonds. The number of ether oxygens (including phenoxy) is 1. The number of nitrogens with one attached hydrogen (secondary N) is 2. The van der Waals surface area contributed by atoms with Gasteiger partial charge in [0.15, 0.2) is 6.61 Å². The van der Waals surface area contributed by atoms with Gasteiger partial charge in [-0.15, -0.1) is 0 Å². The van der Waals surface area contributed by atoms with E-state index in [2.05, 4.69) is 15.5 Å². The molecule has 2 N–H and O–H groups in total. The van der Waals surface area contributed by atoms with Crippen LogP contribution in [-0.2, 0) is 20.7 Å². The molecule has 3 rings (SSSR count). The number of hydrogen-bond acceptors (Lipinski definition) is 5. The number of rotatable bonds is 5. The van der Waals surface area contributed by atoms with Gasteiger partial charge in [-0.25, -0.2) is 10.2 Å². The molecule has 2 aromatic rings. The fourth-order valence-corrected chi connectivity index (χ4v) is 2.66. The smallest absolute Gasteiger partial charge is 0.354 e. The fourth-order valence-electron chi connectivity index (χ4n) is 2.66. The second-order valence-corrected chi connectivity index (χ2v) is 5.49. The molecule has 1 aliphatic heterocycles. The van der Waals surface area contributed by atoms with Crippen molar-refractivity contribution >= 4 is 34.3 Å². The number of H-pyrrole nitrogens is 1. The number of nitrogens with zero attached hydrogens (tertiary/aromatic N) is 1. The molecule has 7 nitrogen and oxygen atoms in total. The Bertz CT molecular complexity index is 851. The molecule has 0 spiro atoms. The van der Waals surface area contributed by atoms with Gasteiger partial charge < -0.3 is 9.72 Å².